The molecule has 0 aliphatic carbocycles. The number of phenols is 1. The maximum Gasteiger partial charge on any atom is 0.349 e. The van der Waals surface area contributed by atoms with Crippen LogP contribution in [0, 0.1) is 12.1 Å². The summed E-state index contributed by atoms with van der Waals surface area (Å²) in [6.45, 7) is 10.2. The molecule has 6 aromatic rings. The number of esters is 1. The zero-order chi connectivity index (χ0) is 41.7. The number of aliphatic carboxylic acids is 1. The van der Waals surface area contributed by atoms with E-state index in [1.165, 1.54) is 0 Å². The fourth-order valence-corrected chi connectivity index (χ4v) is 4.74. The molecule has 0 fully saturated rings. The van der Waals surface area contributed by atoms with Crippen molar-refractivity contribution in [3.05, 3.63) is 192 Å². The third kappa shape index (κ3) is 25.7. The van der Waals surface area contributed by atoms with Crippen LogP contribution in [0.2, 0.25) is 0 Å². The number of hydrogen-bond acceptors (Lipinski definition) is 7. The summed E-state index contributed by atoms with van der Waals surface area (Å²) in [7, 11) is 0. The third-order valence-electron chi connectivity index (χ3n) is 6.88. The number of ether oxygens (including phenoxy) is 2. The number of aliphatic imine (C=N–C) groups is 2. The van der Waals surface area contributed by atoms with Gasteiger partial charge in [0.2, 0.25) is 6.10 Å². The first-order valence-corrected chi connectivity index (χ1v) is 19.3. The number of halogens is 1. The molecule has 8 nitrogen and oxygen atoms in total. The largest absolute Gasteiger partial charge is 0.510 e. The number of rotatable bonds is 11. The maximum atomic E-state index is 11.5. The number of carbonyl (C=O) groups is 2. The van der Waals surface area contributed by atoms with Gasteiger partial charge >= 0.3 is 11.9 Å². The van der Waals surface area contributed by atoms with Crippen LogP contribution < -0.4 is 4.74 Å². The molecule has 0 heterocycles. The van der Waals surface area contributed by atoms with Gasteiger partial charge in [0.05, 0.1) is 12.4 Å². The monoisotopic (exact) mass is 1050 g/mol. The van der Waals surface area contributed by atoms with Crippen LogP contribution >= 0.6 is 15.9 Å². The van der Waals surface area contributed by atoms with Gasteiger partial charge in [-0.3, -0.25) is 4.79 Å². The summed E-state index contributed by atoms with van der Waals surface area (Å²) >= 11 is 3.28. The summed E-state index contributed by atoms with van der Waals surface area (Å²) in [6, 6.07) is 52.7. The Morgan fingerprint density at radius 2 is 1.03 bits per heavy atom. The molecule has 0 spiro atoms. The maximum absolute atomic E-state index is 11.5. The molecule has 11 heteroatoms. The van der Waals surface area contributed by atoms with E-state index in [1.807, 2.05) is 100 Å². The Labute approximate surface area is 430 Å². The van der Waals surface area contributed by atoms with Crippen LogP contribution in [0.3, 0.4) is 0 Å². The van der Waals surface area contributed by atoms with E-state index in [2.05, 4.69) is 50.5 Å². The molecule has 326 valence electrons. The second kappa shape index (κ2) is 39.7. The Bertz CT molecular complexity index is 2020. The first-order chi connectivity index (χ1) is 27.8. The molecule has 6 rings (SSSR count). The topological polar surface area (TPSA) is 118 Å². The summed E-state index contributed by atoms with van der Waals surface area (Å²) in [5, 5.41) is 18.5. The van der Waals surface area contributed by atoms with Crippen LogP contribution in [0.1, 0.15) is 90.1 Å². The van der Waals surface area contributed by atoms with Crippen molar-refractivity contribution in [1.82, 2.24) is 0 Å². The Hall–Kier alpha value is -4.11. The van der Waals surface area contributed by atoms with Gasteiger partial charge < -0.3 is 29.7 Å². The van der Waals surface area contributed by atoms with Crippen LogP contribution in [0.5, 0.6) is 11.5 Å². The number of benzene rings is 6. The second-order valence-electron chi connectivity index (χ2n) is 10.8. The minimum atomic E-state index is -1.05. The smallest absolute Gasteiger partial charge is 0.349 e. The fourth-order valence-electron chi connectivity index (χ4n) is 4.30. The first kappa shape index (κ1) is 64.5. The van der Waals surface area contributed by atoms with Crippen molar-refractivity contribution >= 4 is 51.7 Å². The number of carbonyl (C=O) groups excluding carboxylic acids is 1. The molecule has 0 saturated heterocycles. The third-order valence-corrected chi connectivity index (χ3v) is 7.79. The zero-order valence-electron chi connectivity index (χ0n) is 33.8. The van der Waals surface area contributed by atoms with Gasteiger partial charge in [-0.1, -0.05) is 151 Å². The van der Waals surface area contributed by atoms with E-state index in [1.54, 1.807) is 91.9 Å². The normalized spacial score (nSPS) is 10.2. The molecular formula is C51H59BrN2O6Y2-4. The van der Waals surface area contributed by atoms with Crippen molar-refractivity contribution in [3.8, 4) is 11.5 Å². The molecule has 2 radical (unpaired) electrons. The van der Waals surface area contributed by atoms with Crippen LogP contribution in [0.15, 0.2) is 168 Å². The molecular weight excluding hydrogens is 994 g/mol. The number of phenolic OH excluding ortho intramolecular Hbond substituents is 1. The van der Waals surface area contributed by atoms with Gasteiger partial charge in [0.25, 0.3) is 0 Å². The van der Waals surface area contributed by atoms with Gasteiger partial charge in [-0.05, 0) is 24.9 Å². The van der Waals surface area contributed by atoms with Crippen LogP contribution in [-0.4, -0.2) is 41.2 Å². The number of carboxylic acids is 1. The quantitative estimate of drug-likeness (QED) is 0.0578. The molecule has 2 atom stereocenters. The van der Waals surface area contributed by atoms with E-state index in [-0.39, 0.29) is 104 Å². The predicted octanol–water partition coefficient (Wildman–Crippen LogP) is 13.8. The van der Waals surface area contributed by atoms with Crippen molar-refractivity contribution in [2.24, 2.45) is 9.98 Å². The minimum Gasteiger partial charge on any atom is -0.510 e. The molecule has 62 heavy (non-hydrogen) atoms. The molecule has 6 aromatic carbocycles. The van der Waals surface area contributed by atoms with Crippen molar-refractivity contribution in [1.29, 1.82) is 0 Å². The summed E-state index contributed by atoms with van der Waals surface area (Å²) in [5.74, 6) is -0.573. The first-order valence-electron chi connectivity index (χ1n) is 18.4. The number of para-hydroxylation sites is 2. The molecule has 0 saturated carbocycles. The zero-order valence-corrected chi connectivity index (χ0v) is 41.1. The Morgan fingerprint density at radius 1 is 0.629 bits per heavy atom. The van der Waals surface area contributed by atoms with Gasteiger partial charge in [-0.15, -0.1) is 46.8 Å². The fraction of sp³-hybridized carbons (Fsp3) is 0.216. The van der Waals surface area contributed by atoms with E-state index in [9.17, 15) is 14.7 Å². The molecule has 2 N–H and O–H groups in total. The second-order valence-corrected chi connectivity index (χ2v) is 11.7. The number of hydrogen-bond donors (Lipinski definition) is 2. The number of aromatic hydroxyl groups is 1. The summed E-state index contributed by atoms with van der Waals surface area (Å²) in [5.41, 5.74) is 4.53. The predicted molar refractivity (Wildman–Crippen MR) is 253 cm³/mol. The average molecular weight is 1050 g/mol. The molecule has 0 amide bonds. The van der Waals surface area contributed by atoms with E-state index >= 15 is 0 Å². The Balaban J connectivity index is -0.000000397. The van der Waals surface area contributed by atoms with Crippen molar-refractivity contribution in [2.45, 2.75) is 67.8 Å². The number of nitrogens with zero attached hydrogens (tertiary/aromatic N) is 2. The minimum absolute atomic E-state index is 0. The Kier molecular flexibility index (Phi) is 41.3. The van der Waals surface area contributed by atoms with Gasteiger partial charge in [0.1, 0.15) is 10.6 Å². The van der Waals surface area contributed by atoms with Crippen molar-refractivity contribution < 1.29 is 94.7 Å². The standard InChI is InChI=1S/C21H15NO3.C13H9NO.C10H11BrO2.2C2H6.3CH4.2Y/c23-21(24)20(17-7-3-1-4-8-17)25-19-13-11-16(12-14-19)15-22-18-9-5-2-6-10-18;15-13-8-6-11(7-9-13)10-14-12-4-2-1-3-5-12;1-2-13-10(12)9(11)8-6-4-3-5-7-8;2*1-2;;;;;/h1-9,11-14,20H,(H,23,24);1-4,6-9,15H;3-7,9H,2H2,1H3;2*1-2H3;3*1H4;;/q2*-2;;;;;;;;. The average Bonchev–Trinajstić information content (AvgIpc) is 3.28. The molecule has 0 aromatic heterocycles. The molecule has 0 aliphatic heterocycles. The molecule has 2 unspecified atom stereocenters. The molecule has 0 aliphatic rings. The van der Waals surface area contributed by atoms with Crippen molar-refractivity contribution in [3.63, 3.8) is 0 Å². The Morgan fingerprint density at radius 3 is 1.42 bits per heavy atom. The number of alkyl halides is 1. The summed E-state index contributed by atoms with van der Waals surface area (Å²) in [4.78, 5) is 30.7. The van der Waals surface area contributed by atoms with Crippen molar-refractivity contribution in [2.75, 3.05) is 6.61 Å². The van der Waals surface area contributed by atoms with Gasteiger partial charge in [-0.25, -0.2) is 16.9 Å². The summed E-state index contributed by atoms with van der Waals surface area (Å²) < 4.78 is 10.5. The van der Waals surface area contributed by atoms with Gasteiger partial charge in [0.15, 0.2) is 0 Å². The van der Waals surface area contributed by atoms with E-state index < -0.39 is 12.1 Å². The van der Waals surface area contributed by atoms with Gasteiger partial charge in [0, 0.05) is 71.0 Å². The summed E-state index contributed by atoms with van der Waals surface area (Å²) in [6.07, 6.45) is 4.74. The van der Waals surface area contributed by atoms with Crippen LogP contribution in [0.25, 0.3) is 0 Å². The molecule has 0 bridgehead atoms. The van der Waals surface area contributed by atoms with Crippen LogP contribution in [-0.2, 0) is 79.7 Å². The van der Waals surface area contributed by atoms with E-state index in [0.29, 0.717) is 23.6 Å². The van der Waals surface area contributed by atoms with Crippen LogP contribution in [0.4, 0.5) is 11.4 Å². The number of carboxylic acid groups (broad SMARTS) is 1. The van der Waals surface area contributed by atoms with E-state index in [4.69, 9.17) is 14.6 Å². The SMILES string of the molecule is C.C.C.CC.CC.CCOC(=O)C(Br)c1ccccc1.O=C(O)C(Oc1ccc([C-]=Nc2[c-]cccc2)cc1)c1ccccc1.Oc1ccc([C-]=Nc2[c-]cccc2)cc1.[Y].[Y]. The van der Waals surface area contributed by atoms with E-state index in [0.717, 1.165) is 22.4 Å². The van der Waals surface area contributed by atoms with Gasteiger partial charge in [-0.2, -0.15) is 48.5 Å².